The number of carboxylic acid groups (broad SMARTS) is 1. The summed E-state index contributed by atoms with van der Waals surface area (Å²) in [5, 5.41) is 9.28. The second-order valence-corrected chi connectivity index (χ2v) is 6.95. The number of anilines is 1. The van der Waals surface area contributed by atoms with Gasteiger partial charge < -0.3 is 24.6 Å². The summed E-state index contributed by atoms with van der Waals surface area (Å²) in [6.07, 6.45) is 1.19. The molecule has 3 heterocycles. The van der Waals surface area contributed by atoms with E-state index in [0.29, 0.717) is 11.3 Å². The number of nitrogens with zero attached hydrogens (tertiary/aromatic N) is 4. The highest BCUT2D eigenvalue weighted by Crippen LogP contribution is 2.24. The van der Waals surface area contributed by atoms with Crippen molar-refractivity contribution in [2.75, 3.05) is 38.1 Å². The molecular weight excluding hydrogens is 374 g/mol. The number of benzene rings is 1. The number of pyridine rings is 1. The molecule has 9 heteroatoms. The van der Waals surface area contributed by atoms with Crippen LogP contribution in [0.5, 0.6) is 6.01 Å². The highest BCUT2D eigenvalue weighted by molar-refractivity contribution is 5.94. The quantitative estimate of drug-likeness (QED) is 0.666. The standard InChI is InChI=1S/C20H21N5O4/c1-24-7-9-25(10-8-24)18-16-15(17(26)14(11-21-16)19(27)28)22-20(23-18)29-12-13-5-3-2-4-6-13/h2-6,11H,7-10,12H2,1H3,(H,21,26)(H,27,28). The van der Waals surface area contributed by atoms with E-state index in [1.165, 1.54) is 6.20 Å². The van der Waals surface area contributed by atoms with Gasteiger partial charge in [0.25, 0.3) is 0 Å². The molecule has 2 N–H and O–H groups in total. The fourth-order valence-corrected chi connectivity index (χ4v) is 3.26. The molecule has 1 saturated heterocycles. The van der Waals surface area contributed by atoms with Gasteiger partial charge in [0.15, 0.2) is 5.82 Å². The number of aromatic amines is 1. The number of hydrogen-bond acceptors (Lipinski definition) is 7. The largest absolute Gasteiger partial charge is 0.477 e. The molecule has 0 unspecified atom stereocenters. The van der Waals surface area contributed by atoms with Crippen LogP contribution in [0.4, 0.5) is 5.82 Å². The summed E-state index contributed by atoms with van der Waals surface area (Å²) in [6.45, 7) is 3.39. The summed E-state index contributed by atoms with van der Waals surface area (Å²) in [5.74, 6) is -0.764. The molecule has 3 aromatic rings. The number of nitrogens with one attached hydrogen (secondary N) is 1. The number of carboxylic acids is 1. The van der Waals surface area contributed by atoms with Gasteiger partial charge in [0, 0.05) is 32.4 Å². The molecule has 0 aliphatic carbocycles. The Hall–Kier alpha value is -3.46. The van der Waals surface area contributed by atoms with Gasteiger partial charge in [0.2, 0.25) is 5.43 Å². The van der Waals surface area contributed by atoms with Gasteiger partial charge in [0.1, 0.15) is 23.2 Å². The van der Waals surface area contributed by atoms with Crippen molar-refractivity contribution in [2.45, 2.75) is 6.61 Å². The molecule has 0 bridgehead atoms. The lowest BCUT2D eigenvalue weighted by atomic mass is 10.2. The number of fused-ring (bicyclic) bond motifs is 1. The molecule has 1 aliphatic heterocycles. The predicted molar refractivity (Wildman–Crippen MR) is 108 cm³/mol. The third-order valence-corrected chi connectivity index (χ3v) is 4.93. The summed E-state index contributed by atoms with van der Waals surface area (Å²) in [7, 11) is 2.05. The Labute approximate surface area is 166 Å². The molecule has 0 spiro atoms. The molecule has 150 valence electrons. The van der Waals surface area contributed by atoms with Crippen LogP contribution >= 0.6 is 0 Å². The summed E-state index contributed by atoms with van der Waals surface area (Å²) in [6, 6.07) is 9.59. The first-order valence-electron chi connectivity index (χ1n) is 9.30. The van der Waals surface area contributed by atoms with E-state index in [1.807, 2.05) is 37.4 Å². The van der Waals surface area contributed by atoms with Gasteiger partial charge in [-0.05, 0) is 12.6 Å². The average molecular weight is 395 g/mol. The maximum Gasteiger partial charge on any atom is 0.341 e. The lowest BCUT2D eigenvalue weighted by molar-refractivity contribution is 0.0695. The van der Waals surface area contributed by atoms with Gasteiger partial charge in [-0.3, -0.25) is 4.79 Å². The Morgan fingerprint density at radius 1 is 1.17 bits per heavy atom. The van der Waals surface area contributed by atoms with Gasteiger partial charge in [-0.2, -0.15) is 9.97 Å². The van der Waals surface area contributed by atoms with Crippen LogP contribution in [0.3, 0.4) is 0 Å². The smallest absolute Gasteiger partial charge is 0.341 e. The number of H-pyrrole nitrogens is 1. The van der Waals surface area contributed by atoms with E-state index in [2.05, 4.69) is 24.8 Å². The zero-order valence-corrected chi connectivity index (χ0v) is 16.0. The number of carbonyl (C=O) groups is 1. The summed E-state index contributed by atoms with van der Waals surface area (Å²) in [4.78, 5) is 40.0. The molecule has 9 nitrogen and oxygen atoms in total. The topological polar surface area (TPSA) is 112 Å². The molecule has 2 aromatic heterocycles. The van der Waals surface area contributed by atoms with E-state index in [9.17, 15) is 14.7 Å². The summed E-state index contributed by atoms with van der Waals surface area (Å²) < 4.78 is 5.75. The third kappa shape index (κ3) is 3.90. The molecule has 29 heavy (non-hydrogen) atoms. The first-order valence-corrected chi connectivity index (χ1v) is 9.30. The zero-order valence-electron chi connectivity index (χ0n) is 16.0. The Morgan fingerprint density at radius 2 is 1.90 bits per heavy atom. The van der Waals surface area contributed by atoms with E-state index in [-0.39, 0.29) is 23.7 Å². The van der Waals surface area contributed by atoms with Gasteiger partial charge in [-0.25, -0.2) is 4.79 Å². The number of likely N-dealkylation sites (N-methyl/N-ethyl adjacent to an activating group) is 1. The lowest BCUT2D eigenvalue weighted by Gasteiger charge is -2.33. The Bertz CT molecular complexity index is 1090. The number of ether oxygens (including phenoxy) is 1. The van der Waals surface area contributed by atoms with Crippen molar-refractivity contribution < 1.29 is 14.6 Å². The Morgan fingerprint density at radius 3 is 2.59 bits per heavy atom. The van der Waals surface area contributed by atoms with Crippen molar-refractivity contribution in [3.8, 4) is 6.01 Å². The van der Waals surface area contributed by atoms with Crippen LogP contribution in [0.15, 0.2) is 41.3 Å². The molecule has 1 aromatic carbocycles. The molecule has 0 saturated carbocycles. The van der Waals surface area contributed by atoms with Crippen LogP contribution in [0.2, 0.25) is 0 Å². The second-order valence-electron chi connectivity index (χ2n) is 6.95. The molecule has 0 radical (unpaired) electrons. The SMILES string of the molecule is CN1CCN(c2nc(OCc3ccccc3)nc3c(=O)c(C(=O)O)c[nH]c23)CC1. The van der Waals surface area contributed by atoms with Crippen molar-refractivity contribution in [2.24, 2.45) is 0 Å². The summed E-state index contributed by atoms with van der Waals surface area (Å²) >= 11 is 0. The third-order valence-electron chi connectivity index (χ3n) is 4.93. The van der Waals surface area contributed by atoms with Crippen molar-refractivity contribution in [3.63, 3.8) is 0 Å². The van der Waals surface area contributed by atoms with Crippen molar-refractivity contribution >= 4 is 22.8 Å². The van der Waals surface area contributed by atoms with E-state index in [4.69, 9.17) is 4.74 Å². The Balaban J connectivity index is 1.77. The molecule has 1 aliphatic rings. The second kappa shape index (κ2) is 7.88. The van der Waals surface area contributed by atoms with Crippen molar-refractivity contribution in [3.05, 3.63) is 57.9 Å². The fourth-order valence-electron chi connectivity index (χ4n) is 3.26. The molecule has 1 fully saturated rings. The maximum atomic E-state index is 12.7. The number of rotatable bonds is 5. The van der Waals surface area contributed by atoms with Crippen LogP contribution in [0, 0.1) is 0 Å². The van der Waals surface area contributed by atoms with Crippen LogP contribution in [-0.2, 0) is 6.61 Å². The van der Waals surface area contributed by atoms with Gasteiger partial charge >= 0.3 is 12.0 Å². The van der Waals surface area contributed by atoms with E-state index in [1.54, 1.807) is 0 Å². The highest BCUT2D eigenvalue weighted by atomic mass is 16.5. The lowest BCUT2D eigenvalue weighted by Crippen LogP contribution is -2.45. The first-order chi connectivity index (χ1) is 14.0. The fraction of sp³-hybridized carbons (Fsp3) is 0.300. The van der Waals surface area contributed by atoms with E-state index in [0.717, 1.165) is 31.7 Å². The number of piperazine rings is 1. The minimum atomic E-state index is -1.31. The number of hydrogen-bond donors (Lipinski definition) is 2. The number of aromatic carboxylic acids is 1. The highest BCUT2D eigenvalue weighted by Gasteiger charge is 2.23. The molecule has 0 amide bonds. The van der Waals surface area contributed by atoms with Crippen LogP contribution in [0.25, 0.3) is 11.0 Å². The maximum absolute atomic E-state index is 12.7. The van der Waals surface area contributed by atoms with Crippen molar-refractivity contribution in [1.29, 1.82) is 0 Å². The zero-order chi connectivity index (χ0) is 20.4. The van der Waals surface area contributed by atoms with Gasteiger partial charge in [0.05, 0.1) is 0 Å². The molecule has 0 atom stereocenters. The Kier molecular flexibility index (Phi) is 5.13. The van der Waals surface area contributed by atoms with E-state index >= 15 is 0 Å². The monoisotopic (exact) mass is 395 g/mol. The molecular formula is C20H21N5O4. The minimum absolute atomic E-state index is 0.0110. The molecule has 4 rings (SSSR count). The normalized spacial score (nSPS) is 14.9. The average Bonchev–Trinajstić information content (AvgIpc) is 2.73. The summed E-state index contributed by atoms with van der Waals surface area (Å²) in [5.41, 5.74) is 0.335. The van der Waals surface area contributed by atoms with Crippen LogP contribution < -0.4 is 15.1 Å². The van der Waals surface area contributed by atoms with Gasteiger partial charge in [-0.15, -0.1) is 0 Å². The predicted octanol–water partition coefficient (Wildman–Crippen LogP) is 1.35. The van der Waals surface area contributed by atoms with Crippen molar-refractivity contribution in [1.82, 2.24) is 19.9 Å². The van der Waals surface area contributed by atoms with Crippen LogP contribution in [0.1, 0.15) is 15.9 Å². The number of aromatic nitrogens is 3. The first kappa shape index (κ1) is 18.9. The van der Waals surface area contributed by atoms with E-state index < -0.39 is 11.4 Å². The van der Waals surface area contributed by atoms with Gasteiger partial charge in [-0.1, -0.05) is 30.3 Å². The minimum Gasteiger partial charge on any atom is -0.477 e. The van der Waals surface area contributed by atoms with Crippen LogP contribution in [-0.4, -0.2) is 64.2 Å².